The summed E-state index contributed by atoms with van der Waals surface area (Å²) in [5.41, 5.74) is 0.827. The van der Waals surface area contributed by atoms with E-state index in [9.17, 15) is 23.3 Å². The number of rotatable bonds is 8. The number of likely N-dealkylation sites (tertiary alicyclic amines) is 1. The van der Waals surface area contributed by atoms with E-state index in [2.05, 4.69) is 25.0 Å². The van der Waals surface area contributed by atoms with Gasteiger partial charge in [-0.05, 0) is 69.5 Å². The summed E-state index contributed by atoms with van der Waals surface area (Å²) >= 11 is 5.71. The minimum atomic E-state index is -4.31. The van der Waals surface area contributed by atoms with Crippen molar-refractivity contribution in [2.24, 2.45) is 0 Å². The zero-order valence-corrected chi connectivity index (χ0v) is 24.2. The Morgan fingerprint density at radius 1 is 1.10 bits per heavy atom. The normalized spacial score (nSPS) is 16.8. The van der Waals surface area contributed by atoms with Crippen LogP contribution in [0.3, 0.4) is 0 Å². The smallest absolute Gasteiger partial charge is 0.369 e. The van der Waals surface area contributed by atoms with Gasteiger partial charge in [0.2, 0.25) is 0 Å². The number of hydrogen-bond donors (Lipinski definition) is 1. The molecule has 40 heavy (non-hydrogen) atoms. The zero-order valence-electron chi connectivity index (χ0n) is 23.4. The van der Waals surface area contributed by atoms with Crippen molar-refractivity contribution in [2.45, 2.75) is 58.7 Å². The summed E-state index contributed by atoms with van der Waals surface area (Å²) < 4.78 is 38.4. The highest BCUT2D eigenvalue weighted by atomic mass is 32.1. The summed E-state index contributed by atoms with van der Waals surface area (Å²) in [7, 11) is 0. The van der Waals surface area contributed by atoms with Crippen LogP contribution in [-0.2, 0) is 6.18 Å². The monoisotopic (exact) mass is 580 g/mol. The van der Waals surface area contributed by atoms with E-state index >= 15 is 0 Å². The van der Waals surface area contributed by atoms with Gasteiger partial charge in [-0.25, -0.2) is 4.98 Å². The highest BCUT2D eigenvalue weighted by Gasteiger charge is 2.30. The molecule has 2 saturated heterocycles. The van der Waals surface area contributed by atoms with Crippen LogP contribution in [0.25, 0.3) is 0 Å². The van der Waals surface area contributed by atoms with Gasteiger partial charge in [0.15, 0.2) is 0 Å². The average Bonchev–Trinajstić information content (AvgIpc) is 2.94. The van der Waals surface area contributed by atoms with E-state index in [0.29, 0.717) is 11.4 Å². The van der Waals surface area contributed by atoms with E-state index in [-0.39, 0.29) is 11.7 Å². The molecule has 3 heterocycles. The third-order valence-corrected chi connectivity index (χ3v) is 7.74. The van der Waals surface area contributed by atoms with Crippen LogP contribution >= 0.6 is 12.2 Å². The lowest BCUT2D eigenvalue weighted by Crippen LogP contribution is -2.47. The lowest BCUT2D eigenvalue weighted by molar-refractivity contribution is -0.385. The van der Waals surface area contributed by atoms with Gasteiger partial charge < -0.3 is 15.1 Å². The second kappa shape index (κ2) is 14.6. The maximum absolute atomic E-state index is 12.8. The molecule has 1 aromatic heterocycles. The molecule has 12 heteroatoms. The Bertz CT molecular complexity index is 1120. The van der Waals surface area contributed by atoms with Crippen LogP contribution in [0.1, 0.15) is 50.7 Å². The number of nitro groups is 1. The summed E-state index contributed by atoms with van der Waals surface area (Å²) in [5, 5.41) is 14.4. The number of nitrogens with zero attached hydrogens (tertiary/aromatic N) is 5. The molecule has 4 rings (SSSR count). The average molecular weight is 581 g/mol. The van der Waals surface area contributed by atoms with Crippen molar-refractivity contribution in [2.75, 3.05) is 56.0 Å². The minimum Gasteiger partial charge on any atom is -0.369 e. The van der Waals surface area contributed by atoms with Gasteiger partial charge in [-0.1, -0.05) is 26.1 Å². The minimum absolute atomic E-state index is 0.0248. The van der Waals surface area contributed by atoms with E-state index in [1.165, 1.54) is 6.20 Å². The van der Waals surface area contributed by atoms with Gasteiger partial charge in [0.25, 0.3) is 5.69 Å². The van der Waals surface area contributed by atoms with Crippen LogP contribution in [-0.4, -0.2) is 76.6 Å². The Hall–Kier alpha value is -2.99. The van der Waals surface area contributed by atoms with E-state index in [1.807, 2.05) is 13.8 Å². The van der Waals surface area contributed by atoms with Crippen LogP contribution in [0.15, 0.2) is 36.5 Å². The van der Waals surface area contributed by atoms with Crippen molar-refractivity contribution in [1.82, 2.24) is 14.8 Å². The molecule has 1 N–H and O–H groups in total. The largest absolute Gasteiger partial charge is 0.416 e. The van der Waals surface area contributed by atoms with Crippen LogP contribution in [0.4, 0.5) is 30.4 Å². The summed E-state index contributed by atoms with van der Waals surface area (Å²) in [5.74, 6) is 0.660. The second-order valence-electron chi connectivity index (χ2n) is 9.89. The van der Waals surface area contributed by atoms with Gasteiger partial charge in [-0.15, -0.1) is 0 Å². The second-order valence-corrected chi connectivity index (χ2v) is 10.4. The number of nitrogens with one attached hydrogen (secondary N) is 1. The molecular weight excluding hydrogens is 541 g/mol. The molecule has 0 atom stereocenters. The van der Waals surface area contributed by atoms with Crippen LogP contribution in [0.5, 0.6) is 0 Å². The summed E-state index contributed by atoms with van der Waals surface area (Å²) in [6.45, 7) is 11.7. The quantitative estimate of drug-likeness (QED) is 0.226. The zero-order chi connectivity index (χ0) is 29.3. The molecule has 2 aliphatic heterocycles. The molecule has 0 spiro atoms. The molecule has 1 aromatic carbocycles. The van der Waals surface area contributed by atoms with Crippen molar-refractivity contribution >= 4 is 34.4 Å². The van der Waals surface area contributed by atoms with Crippen molar-refractivity contribution in [3.05, 3.63) is 57.8 Å². The van der Waals surface area contributed by atoms with E-state index in [0.717, 1.165) is 94.3 Å². The number of halogens is 3. The Balaban J connectivity index is 0.00000216. The van der Waals surface area contributed by atoms with Gasteiger partial charge in [-0.3, -0.25) is 15.0 Å². The molecular formula is C28H39F3N6O2S. The first-order valence-corrected chi connectivity index (χ1v) is 14.3. The standard InChI is InChI=1S/C26H33F3N6O2S.C2H6/c1-19-17-24(30-18-23(19)35(36)37)31-21-8-11-34(12-9-21)25(38)3-2-10-32-13-15-33(16-14-32)22-6-4-20(5-7-22)26(27,28)29;1-2/h4-7,17-18,21H,2-3,8-16H2,1H3,(H,30,31);1-2H3. The third kappa shape index (κ3) is 8.76. The molecule has 8 nitrogen and oxygen atoms in total. The van der Waals surface area contributed by atoms with Crippen molar-refractivity contribution in [1.29, 1.82) is 0 Å². The number of alkyl halides is 3. The fourth-order valence-electron chi connectivity index (χ4n) is 5.00. The topological polar surface area (TPSA) is 77.8 Å². The van der Waals surface area contributed by atoms with Gasteiger partial charge in [0.05, 0.1) is 15.5 Å². The summed E-state index contributed by atoms with van der Waals surface area (Å²) in [4.78, 5) is 22.5. The number of anilines is 2. The number of hydrogen-bond acceptors (Lipinski definition) is 7. The summed E-state index contributed by atoms with van der Waals surface area (Å²) in [6, 6.07) is 7.38. The predicted molar refractivity (Wildman–Crippen MR) is 157 cm³/mol. The number of aromatic nitrogens is 1. The Labute approximate surface area is 239 Å². The first kappa shape index (κ1) is 31.5. The third-order valence-electron chi connectivity index (χ3n) is 7.28. The lowest BCUT2D eigenvalue weighted by Gasteiger charge is -2.37. The SMILES string of the molecule is CC.Cc1cc(NC2CCN(C(=S)CCCN3CCN(c4ccc(C(F)(F)F)cc4)CC3)CC2)ncc1[N+](=O)[O-]. The molecule has 220 valence electrons. The highest BCUT2D eigenvalue weighted by Crippen LogP contribution is 2.30. The number of piperidine rings is 1. The van der Waals surface area contributed by atoms with Gasteiger partial charge in [-0.2, -0.15) is 13.2 Å². The molecule has 0 bridgehead atoms. The first-order valence-electron chi connectivity index (χ1n) is 13.9. The van der Waals surface area contributed by atoms with Crippen molar-refractivity contribution in [3.63, 3.8) is 0 Å². The number of piperazine rings is 1. The van der Waals surface area contributed by atoms with E-state index in [1.54, 1.807) is 25.1 Å². The Kier molecular flexibility index (Phi) is 11.5. The molecule has 0 saturated carbocycles. The number of aryl methyl sites for hydroxylation is 1. The van der Waals surface area contributed by atoms with Gasteiger partial charge in [0.1, 0.15) is 12.0 Å². The maximum Gasteiger partial charge on any atom is 0.416 e. The van der Waals surface area contributed by atoms with E-state index in [4.69, 9.17) is 12.2 Å². The molecule has 0 aliphatic carbocycles. The van der Waals surface area contributed by atoms with Crippen LogP contribution in [0, 0.1) is 17.0 Å². The molecule has 2 fully saturated rings. The number of thiocarbonyl (C=S) groups is 1. The Morgan fingerprint density at radius 2 is 1.73 bits per heavy atom. The van der Waals surface area contributed by atoms with E-state index < -0.39 is 16.7 Å². The van der Waals surface area contributed by atoms with Crippen molar-refractivity contribution < 1.29 is 18.1 Å². The highest BCUT2D eigenvalue weighted by molar-refractivity contribution is 7.80. The molecule has 0 radical (unpaired) electrons. The maximum atomic E-state index is 12.8. The number of benzene rings is 1. The molecule has 2 aromatic rings. The predicted octanol–water partition coefficient (Wildman–Crippen LogP) is 6.15. The van der Waals surface area contributed by atoms with Gasteiger partial charge >= 0.3 is 6.18 Å². The fraction of sp³-hybridized carbons (Fsp3) is 0.571. The van der Waals surface area contributed by atoms with Crippen LogP contribution < -0.4 is 10.2 Å². The van der Waals surface area contributed by atoms with Crippen LogP contribution in [0.2, 0.25) is 0 Å². The van der Waals surface area contributed by atoms with Gasteiger partial charge in [0, 0.05) is 56.6 Å². The fourth-order valence-corrected chi connectivity index (χ4v) is 5.33. The van der Waals surface area contributed by atoms with Crippen molar-refractivity contribution in [3.8, 4) is 0 Å². The molecule has 0 unspecified atom stereocenters. The lowest BCUT2D eigenvalue weighted by atomic mass is 10.0. The molecule has 2 aliphatic rings. The Morgan fingerprint density at radius 3 is 2.27 bits per heavy atom. The summed E-state index contributed by atoms with van der Waals surface area (Å²) in [6.07, 6.45) is 0.666. The number of pyridine rings is 1. The first-order chi connectivity index (χ1) is 19.1. The molecule has 0 amide bonds.